The lowest BCUT2D eigenvalue weighted by Crippen LogP contribution is -2.48. The number of aromatic nitrogens is 1. The molecule has 0 radical (unpaired) electrons. The molecule has 5 N–H and O–H groups in total. The molecule has 0 saturated carbocycles. The van der Waals surface area contributed by atoms with E-state index < -0.39 is 30.7 Å². The summed E-state index contributed by atoms with van der Waals surface area (Å²) in [7, 11) is -1.91. The van der Waals surface area contributed by atoms with E-state index >= 15 is 0 Å². The van der Waals surface area contributed by atoms with Gasteiger partial charge in [0.1, 0.15) is 16.5 Å². The molecule has 0 spiro atoms. The van der Waals surface area contributed by atoms with Gasteiger partial charge in [-0.1, -0.05) is 23.7 Å². The summed E-state index contributed by atoms with van der Waals surface area (Å²) in [6.07, 6.45) is 1.21. The van der Waals surface area contributed by atoms with Crippen LogP contribution < -0.4 is 5.32 Å². The number of aromatic hydroxyl groups is 1. The van der Waals surface area contributed by atoms with E-state index in [0.717, 1.165) is 0 Å². The Bertz CT molecular complexity index is 821. The first-order valence-electron chi connectivity index (χ1n) is 7.58. The Morgan fingerprint density at radius 3 is 2.56 bits per heavy atom. The van der Waals surface area contributed by atoms with Crippen molar-refractivity contribution in [2.75, 3.05) is 0 Å². The molecule has 1 amide bonds. The highest BCUT2D eigenvalue weighted by Crippen LogP contribution is 2.24. The SMILES string of the molecule is Cl.O=C(Cc1ccnc(Cl)c1)NC(Cc1cccc(C(=O)O)c1O)B(O)O. The molecule has 0 saturated heterocycles. The van der Waals surface area contributed by atoms with Crippen molar-refractivity contribution in [1.29, 1.82) is 0 Å². The number of carbonyl (C=O) groups is 2. The van der Waals surface area contributed by atoms with Gasteiger partial charge in [0.15, 0.2) is 0 Å². The van der Waals surface area contributed by atoms with Crippen LogP contribution in [0.3, 0.4) is 0 Å². The molecule has 1 aromatic heterocycles. The number of hydrogen-bond acceptors (Lipinski definition) is 6. The van der Waals surface area contributed by atoms with Crippen LogP contribution in [-0.4, -0.2) is 50.2 Å². The highest BCUT2D eigenvalue weighted by atomic mass is 35.5. The van der Waals surface area contributed by atoms with Gasteiger partial charge < -0.3 is 25.6 Å². The molecule has 0 aliphatic carbocycles. The fraction of sp³-hybridized carbons (Fsp3) is 0.188. The van der Waals surface area contributed by atoms with E-state index in [1.54, 1.807) is 6.07 Å². The summed E-state index contributed by atoms with van der Waals surface area (Å²) >= 11 is 5.75. The van der Waals surface area contributed by atoms with Crippen LogP contribution in [-0.2, 0) is 17.6 Å². The van der Waals surface area contributed by atoms with E-state index in [0.29, 0.717) is 5.56 Å². The van der Waals surface area contributed by atoms with Crippen molar-refractivity contribution in [3.63, 3.8) is 0 Å². The van der Waals surface area contributed by atoms with Crippen molar-refractivity contribution in [1.82, 2.24) is 10.3 Å². The van der Waals surface area contributed by atoms with Crippen molar-refractivity contribution in [2.45, 2.75) is 18.8 Å². The third kappa shape index (κ3) is 6.40. The summed E-state index contributed by atoms with van der Waals surface area (Å²) in [5.41, 5.74) is 0.436. The molecule has 2 rings (SSSR count). The van der Waals surface area contributed by atoms with Gasteiger partial charge in [-0.15, -0.1) is 12.4 Å². The first-order valence-corrected chi connectivity index (χ1v) is 7.95. The third-order valence-electron chi connectivity index (χ3n) is 3.65. The minimum Gasteiger partial charge on any atom is -0.507 e. The Kier molecular flexibility index (Phi) is 8.52. The zero-order valence-corrected chi connectivity index (χ0v) is 15.4. The van der Waals surface area contributed by atoms with Gasteiger partial charge in [0.05, 0.1) is 12.4 Å². The summed E-state index contributed by atoms with van der Waals surface area (Å²) in [5.74, 6) is -3.45. The number of nitrogens with zero attached hydrogens (tertiary/aromatic N) is 1. The van der Waals surface area contributed by atoms with Gasteiger partial charge in [0.25, 0.3) is 0 Å². The van der Waals surface area contributed by atoms with E-state index in [9.17, 15) is 24.7 Å². The Morgan fingerprint density at radius 1 is 1.26 bits per heavy atom. The van der Waals surface area contributed by atoms with Gasteiger partial charge in [-0.3, -0.25) is 4.79 Å². The minimum atomic E-state index is -1.91. The number of aromatic carboxylic acids is 1. The average molecular weight is 415 g/mol. The van der Waals surface area contributed by atoms with Crippen LogP contribution in [0.2, 0.25) is 5.15 Å². The molecule has 8 nitrogen and oxygen atoms in total. The normalized spacial score (nSPS) is 11.2. The topological polar surface area (TPSA) is 140 Å². The predicted octanol–water partition coefficient (Wildman–Crippen LogP) is 0.843. The van der Waals surface area contributed by atoms with Gasteiger partial charge in [-0.05, 0) is 35.7 Å². The number of carboxylic acids is 1. The molecule has 1 atom stereocenters. The Labute approximate surface area is 166 Å². The standard InChI is InChI=1S/C16H16BClN2O6.ClH/c18-13-6-9(4-5-19-13)7-14(21)20-12(17(25)26)8-10-2-1-3-11(15(10)22)16(23)24;/h1-6,12,22,25-26H,7-8H2,(H,20,21)(H,23,24);1H. The second-order valence-electron chi connectivity index (χ2n) is 5.57. The van der Waals surface area contributed by atoms with E-state index in [2.05, 4.69) is 10.3 Å². The summed E-state index contributed by atoms with van der Waals surface area (Å²) in [4.78, 5) is 27.0. The van der Waals surface area contributed by atoms with Crippen molar-refractivity contribution in [3.05, 3.63) is 58.4 Å². The molecule has 1 aromatic carbocycles. The molecule has 1 unspecified atom stereocenters. The predicted molar refractivity (Wildman–Crippen MR) is 101 cm³/mol. The summed E-state index contributed by atoms with van der Waals surface area (Å²) in [5, 5.41) is 40.7. The number of amides is 1. The monoisotopic (exact) mass is 414 g/mol. The average Bonchev–Trinajstić information content (AvgIpc) is 2.55. The Morgan fingerprint density at radius 2 is 1.96 bits per heavy atom. The van der Waals surface area contributed by atoms with Crippen LogP contribution >= 0.6 is 24.0 Å². The molecule has 27 heavy (non-hydrogen) atoms. The number of nitrogens with one attached hydrogen (secondary N) is 1. The number of carbonyl (C=O) groups excluding carboxylic acids is 1. The van der Waals surface area contributed by atoms with Crippen LogP contribution in [0.15, 0.2) is 36.5 Å². The van der Waals surface area contributed by atoms with Gasteiger partial charge in [-0.25, -0.2) is 9.78 Å². The Balaban J connectivity index is 0.00000364. The van der Waals surface area contributed by atoms with Crippen molar-refractivity contribution >= 4 is 43.0 Å². The van der Waals surface area contributed by atoms with Crippen molar-refractivity contribution in [2.24, 2.45) is 0 Å². The fourth-order valence-corrected chi connectivity index (χ4v) is 2.59. The first kappa shape index (κ1) is 22.7. The van der Waals surface area contributed by atoms with E-state index in [4.69, 9.17) is 16.7 Å². The largest absolute Gasteiger partial charge is 0.507 e. The van der Waals surface area contributed by atoms with E-state index in [1.807, 2.05) is 0 Å². The maximum atomic E-state index is 12.1. The molecule has 0 bridgehead atoms. The quantitative estimate of drug-likeness (QED) is 0.334. The number of halogens is 2. The third-order valence-corrected chi connectivity index (χ3v) is 3.86. The lowest BCUT2D eigenvalue weighted by molar-refractivity contribution is -0.120. The van der Waals surface area contributed by atoms with Gasteiger partial charge in [-0.2, -0.15) is 0 Å². The molecule has 1 heterocycles. The van der Waals surface area contributed by atoms with Crippen LogP contribution in [0.5, 0.6) is 5.75 Å². The van der Waals surface area contributed by atoms with Crippen LogP contribution in [0, 0.1) is 0 Å². The zero-order valence-electron chi connectivity index (χ0n) is 13.9. The first-order chi connectivity index (χ1) is 12.3. The molecule has 144 valence electrons. The Hall–Kier alpha value is -2.33. The van der Waals surface area contributed by atoms with Gasteiger partial charge in [0, 0.05) is 6.20 Å². The highest BCUT2D eigenvalue weighted by Gasteiger charge is 2.27. The summed E-state index contributed by atoms with van der Waals surface area (Å²) in [6.45, 7) is 0. The number of benzene rings is 1. The van der Waals surface area contributed by atoms with Crippen LogP contribution in [0.4, 0.5) is 0 Å². The number of rotatable bonds is 7. The molecule has 2 aromatic rings. The molecule has 0 aliphatic heterocycles. The number of para-hydroxylation sites is 1. The van der Waals surface area contributed by atoms with Gasteiger partial charge in [0.2, 0.25) is 5.91 Å². The lowest BCUT2D eigenvalue weighted by atomic mass is 9.75. The molecular formula is C16H17BCl2N2O6. The van der Waals surface area contributed by atoms with Gasteiger partial charge >= 0.3 is 13.1 Å². The smallest absolute Gasteiger partial charge is 0.475 e. The van der Waals surface area contributed by atoms with Crippen LogP contribution in [0.25, 0.3) is 0 Å². The number of phenols is 1. The molecule has 0 fully saturated rings. The zero-order chi connectivity index (χ0) is 19.3. The molecule has 0 aliphatic rings. The number of carboxylic acid groups (broad SMARTS) is 1. The summed E-state index contributed by atoms with van der Waals surface area (Å²) in [6, 6.07) is 7.18. The second kappa shape index (κ2) is 10.1. The maximum absolute atomic E-state index is 12.1. The minimum absolute atomic E-state index is 0. The van der Waals surface area contributed by atoms with E-state index in [1.165, 1.54) is 30.5 Å². The number of pyridine rings is 1. The molecule has 11 heteroatoms. The van der Waals surface area contributed by atoms with E-state index in [-0.39, 0.29) is 41.5 Å². The second-order valence-corrected chi connectivity index (χ2v) is 5.96. The van der Waals surface area contributed by atoms with Crippen molar-refractivity contribution in [3.8, 4) is 5.75 Å². The molecular weight excluding hydrogens is 398 g/mol. The maximum Gasteiger partial charge on any atom is 0.475 e. The summed E-state index contributed by atoms with van der Waals surface area (Å²) < 4.78 is 0. The van der Waals surface area contributed by atoms with Crippen LogP contribution in [0.1, 0.15) is 21.5 Å². The van der Waals surface area contributed by atoms with Crippen molar-refractivity contribution < 1.29 is 29.9 Å². The lowest BCUT2D eigenvalue weighted by Gasteiger charge is -2.19. The number of hydrogen-bond donors (Lipinski definition) is 5. The highest BCUT2D eigenvalue weighted by molar-refractivity contribution is 6.43. The fourth-order valence-electron chi connectivity index (χ4n) is 2.39.